The number of hydrogen-bond acceptors (Lipinski definition) is 4. The van der Waals surface area contributed by atoms with Crippen LogP contribution in [0.3, 0.4) is 0 Å². The minimum Gasteiger partial charge on any atom is -0.453 e. The van der Waals surface area contributed by atoms with E-state index in [2.05, 4.69) is 26.0 Å². The fourth-order valence-corrected chi connectivity index (χ4v) is 4.90. The Morgan fingerprint density at radius 3 is 2.81 bits per heavy atom. The highest BCUT2D eigenvalue weighted by Crippen LogP contribution is 2.28. The number of halogens is 1. The van der Waals surface area contributed by atoms with E-state index in [1.807, 2.05) is 6.92 Å². The molecule has 8 heteroatoms. The second-order valence-electron chi connectivity index (χ2n) is 4.92. The number of rotatable bonds is 3. The molecular weight excluding hydrogens is 360 g/mol. The molecule has 1 N–H and O–H groups in total. The lowest BCUT2D eigenvalue weighted by atomic mass is 10.2. The van der Waals surface area contributed by atoms with Crippen LogP contribution in [0.25, 0.3) is 0 Å². The van der Waals surface area contributed by atoms with Gasteiger partial charge in [-0.25, -0.2) is 13.2 Å². The van der Waals surface area contributed by atoms with Crippen molar-refractivity contribution in [1.82, 2.24) is 9.62 Å². The molecule has 0 saturated carbocycles. The molecule has 0 aromatic heterocycles. The van der Waals surface area contributed by atoms with Gasteiger partial charge in [0.1, 0.15) is 0 Å². The van der Waals surface area contributed by atoms with Crippen molar-refractivity contribution in [2.24, 2.45) is 0 Å². The predicted molar refractivity (Wildman–Crippen MR) is 81.6 cm³/mol. The number of carbonyl (C=O) groups excluding carboxylic acids is 1. The summed E-state index contributed by atoms with van der Waals surface area (Å²) < 4.78 is 31.7. The number of hydrogen-bond donors (Lipinski definition) is 1. The van der Waals surface area contributed by atoms with E-state index in [-0.39, 0.29) is 17.5 Å². The summed E-state index contributed by atoms with van der Waals surface area (Å²) in [6.45, 7) is 2.52. The first kappa shape index (κ1) is 16.3. The molecule has 1 aliphatic rings. The number of aryl methyl sites for hydroxylation is 1. The summed E-state index contributed by atoms with van der Waals surface area (Å²) in [5.74, 6) is 0. The third-order valence-corrected chi connectivity index (χ3v) is 6.21. The van der Waals surface area contributed by atoms with E-state index < -0.39 is 16.1 Å². The lowest BCUT2D eigenvalue weighted by Gasteiger charge is -2.18. The number of nitrogens with zero attached hydrogens (tertiary/aromatic N) is 1. The molecule has 0 radical (unpaired) electrons. The van der Waals surface area contributed by atoms with Crippen LogP contribution in [0.2, 0.25) is 0 Å². The maximum Gasteiger partial charge on any atom is 0.407 e. The molecule has 1 aromatic carbocycles. The third kappa shape index (κ3) is 3.56. The molecule has 21 heavy (non-hydrogen) atoms. The van der Waals surface area contributed by atoms with Gasteiger partial charge in [-0.05, 0) is 47.0 Å². The van der Waals surface area contributed by atoms with E-state index in [1.54, 1.807) is 18.2 Å². The summed E-state index contributed by atoms with van der Waals surface area (Å²) in [6.07, 6.45) is 0.0217. The van der Waals surface area contributed by atoms with E-state index in [9.17, 15) is 13.2 Å². The lowest BCUT2D eigenvalue weighted by molar-refractivity contribution is 0.167. The summed E-state index contributed by atoms with van der Waals surface area (Å²) in [5.41, 5.74) is 0.979. The molecule has 1 heterocycles. The Kier molecular flexibility index (Phi) is 4.90. The van der Waals surface area contributed by atoms with E-state index in [4.69, 9.17) is 0 Å². The van der Waals surface area contributed by atoms with Gasteiger partial charge in [0.05, 0.1) is 12.0 Å². The van der Waals surface area contributed by atoms with E-state index in [1.165, 1.54) is 11.4 Å². The maximum atomic E-state index is 12.6. The maximum absolute atomic E-state index is 12.6. The summed E-state index contributed by atoms with van der Waals surface area (Å²) in [4.78, 5) is 11.4. The first-order valence-electron chi connectivity index (χ1n) is 6.45. The van der Waals surface area contributed by atoms with Crippen molar-refractivity contribution in [3.63, 3.8) is 0 Å². The molecule has 1 fully saturated rings. The summed E-state index contributed by atoms with van der Waals surface area (Å²) >= 11 is 3.30. The first-order valence-corrected chi connectivity index (χ1v) is 8.68. The molecule has 1 atom stereocenters. The minimum atomic E-state index is -3.57. The SMILES string of the molecule is COC(=O)NC1CCN(S(=O)(=O)c2ccc(C)cc2Br)C1. The third-order valence-electron chi connectivity index (χ3n) is 3.36. The fraction of sp³-hybridized carbons (Fsp3) is 0.462. The average molecular weight is 377 g/mol. The molecule has 116 valence electrons. The Hall–Kier alpha value is -1.12. The van der Waals surface area contributed by atoms with Gasteiger partial charge in [-0.15, -0.1) is 0 Å². The van der Waals surface area contributed by atoms with Crippen LogP contribution in [-0.2, 0) is 14.8 Å². The fourth-order valence-electron chi connectivity index (χ4n) is 2.24. The number of benzene rings is 1. The second-order valence-corrected chi connectivity index (χ2v) is 7.68. The van der Waals surface area contributed by atoms with Gasteiger partial charge in [-0.3, -0.25) is 0 Å². The zero-order chi connectivity index (χ0) is 15.6. The lowest BCUT2D eigenvalue weighted by Crippen LogP contribution is -2.38. The molecule has 1 aliphatic heterocycles. The van der Waals surface area contributed by atoms with Crippen LogP contribution < -0.4 is 5.32 Å². The van der Waals surface area contributed by atoms with Crippen LogP contribution >= 0.6 is 15.9 Å². The second kappa shape index (κ2) is 6.33. The summed E-state index contributed by atoms with van der Waals surface area (Å²) in [5, 5.41) is 2.63. The molecule has 0 spiro atoms. The van der Waals surface area contributed by atoms with Crippen molar-refractivity contribution >= 4 is 32.0 Å². The van der Waals surface area contributed by atoms with Crippen molar-refractivity contribution in [3.05, 3.63) is 28.2 Å². The topological polar surface area (TPSA) is 75.7 Å². The first-order chi connectivity index (χ1) is 9.84. The van der Waals surface area contributed by atoms with E-state index in [0.717, 1.165) is 5.56 Å². The minimum absolute atomic E-state index is 0.226. The number of amides is 1. The van der Waals surface area contributed by atoms with Crippen molar-refractivity contribution in [1.29, 1.82) is 0 Å². The Bertz CT molecular complexity index is 648. The molecule has 0 aliphatic carbocycles. The van der Waals surface area contributed by atoms with Gasteiger partial charge in [0.15, 0.2) is 0 Å². The van der Waals surface area contributed by atoms with Crippen molar-refractivity contribution in [3.8, 4) is 0 Å². The Morgan fingerprint density at radius 2 is 2.19 bits per heavy atom. The smallest absolute Gasteiger partial charge is 0.407 e. The molecular formula is C13H17BrN2O4S. The van der Waals surface area contributed by atoms with Crippen LogP contribution in [0.4, 0.5) is 4.79 Å². The number of sulfonamides is 1. The molecule has 0 bridgehead atoms. The zero-order valence-corrected chi connectivity index (χ0v) is 14.2. The normalized spacial score (nSPS) is 19.5. The Labute approximate surface area is 132 Å². The van der Waals surface area contributed by atoms with Gasteiger partial charge in [0.2, 0.25) is 10.0 Å². The summed E-state index contributed by atoms with van der Waals surface area (Å²) in [6, 6.07) is 4.90. The molecule has 1 aromatic rings. The standard InChI is InChI=1S/C13H17BrN2O4S/c1-9-3-4-12(11(14)7-9)21(18,19)16-6-5-10(8-16)15-13(17)20-2/h3-4,7,10H,5-6,8H2,1-2H3,(H,15,17). The summed E-state index contributed by atoms with van der Waals surface area (Å²) in [7, 11) is -2.29. The number of alkyl carbamates (subject to hydrolysis) is 1. The van der Waals surface area contributed by atoms with Gasteiger partial charge in [0, 0.05) is 23.6 Å². The van der Waals surface area contributed by atoms with Gasteiger partial charge in [-0.1, -0.05) is 6.07 Å². The van der Waals surface area contributed by atoms with Gasteiger partial charge < -0.3 is 10.1 Å². The van der Waals surface area contributed by atoms with Crippen LogP contribution in [0, 0.1) is 6.92 Å². The van der Waals surface area contributed by atoms with Crippen LogP contribution in [0.1, 0.15) is 12.0 Å². The molecule has 1 saturated heterocycles. The van der Waals surface area contributed by atoms with E-state index >= 15 is 0 Å². The Balaban J connectivity index is 2.16. The number of methoxy groups -OCH3 is 1. The quantitative estimate of drug-likeness (QED) is 0.873. The molecule has 1 amide bonds. The average Bonchev–Trinajstić information content (AvgIpc) is 2.87. The largest absolute Gasteiger partial charge is 0.453 e. The Morgan fingerprint density at radius 1 is 1.48 bits per heavy atom. The molecule has 1 unspecified atom stereocenters. The predicted octanol–water partition coefficient (Wildman–Crippen LogP) is 1.88. The van der Waals surface area contributed by atoms with E-state index in [0.29, 0.717) is 17.4 Å². The van der Waals surface area contributed by atoms with Crippen LogP contribution in [-0.4, -0.2) is 45.1 Å². The van der Waals surface area contributed by atoms with Crippen molar-refractivity contribution in [2.75, 3.05) is 20.2 Å². The highest BCUT2D eigenvalue weighted by Gasteiger charge is 2.34. The number of carbonyl (C=O) groups is 1. The number of nitrogens with one attached hydrogen (secondary N) is 1. The molecule has 2 rings (SSSR count). The van der Waals surface area contributed by atoms with Crippen LogP contribution in [0.15, 0.2) is 27.6 Å². The van der Waals surface area contributed by atoms with Gasteiger partial charge in [-0.2, -0.15) is 4.31 Å². The highest BCUT2D eigenvalue weighted by molar-refractivity contribution is 9.10. The van der Waals surface area contributed by atoms with Crippen LogP contribution in [0.5, 0.6) is 0 Å². The van der Waals surface area contributed by atoms with Crippen molar-refractivity contribution in [2.45, 2.75) is 24.3 Å². The van der Waals surface area contributed by atoms with Gasteiger partial charge >= 0.3 is 6.09 Å². The number of ether oxygens (including phenoxy) is 1. The monoisotopic (exact) mass is 376 g/mol. The van der Waals surface area contributed by atoms with Crippen molar-refractivity contribution < 1.29 is 17.9 Å². The highest BCUT2D eigenvalue weighted by atomic mass is 79.9. The molecule has 6 nitrogen and oxygen atoms in total. The van der Waals surface area contributed by atoms with Gasteiger partial charge in [0.25, 0.3) is 0 Å². The zero-order valence-electron chi connectivity index (χ0n) is 11.8.